The Labute approximate surface area is 677 Å². The first kappa shape index (κ1) is 102. The maximum Gasteiger partial charge on any atom is 0.505 e. The Balaban J connectivity index is 0.000000652. The molecule has 6 aromatic carbocycles. The minimum atomic E-state index is -2.96. The van der Waals surface area contributed by atoms with Gasteiger partial charge in [0.15, 0.2) is 33.3 Å². The maximum absolute atomic E-state index is 6.71. The number of rotatable bonds is 29. The lowest BCUT2D eigenvalue weighted by Gasteiger charge is -2.44. The molecule has 0 aliphatic heterocycles. The number of hydrogen-bond donors (Lipinski definition) is 0. The van der Waals surface area contributed by atoms with Crippen molar-refractivity contribution < 1.29 is 16.5 Å². The molecule has 19 heteroatoms. The first-order valence-electron chi connectivity index (χ1n) is 39.3. The highest BCUT2D eigenvalue weighted by molar-refractivity contribution is 7.45. The van der Waals surface area contributed by atoms with E-state index in [-0.39, 0.29) is 0 Å². The largest absolute Gasteiger partial charge is 0.505 e. The lowest BCUT2D eigenvalue weighted by molar-refractivity contribution is 0.273. The number of benzene rings is 6. The van der Waals surface area contributed by atoms with Gasteiger partial charge in [-0.1, -0.05) is 409 Å². The summed E-state index contributed by atoms with van der Waals surface area (Å²) in [6, 6.07) is 53.2. The van der Waals surface area contributed by atoms with Crippen LogP contribution in [0.15, 0.2) is 185 Å². The molecule has 6 aromatic rings. The molecular formula is C88H158O4Si15. The summed E-state index contributed by atoms with van der Waals surface area (Å²) in [4.78, 5) is 0. The molecule has 0 bridgehead atoms. The SMILES string of the molecule is C=Cc1ccc([Si](C)(C)C)cc1.C=Cc1ccc([Si](C)(C)C[Si](C)(C)C)cc1.C=Cc1ccc([Si](C)(C)O[Si](C)(C)C)cc1.C=Cc1ccc([Si](C)(C)[Si](C)(C)C)cc1.C=Cc1ccc([Si](C[Si](C)(C)C)(C[Si](C)(C)C)C[Si](C)(C)C)cc1.C=Cc1ccc([Si](O[Si](C)(C)C)(O[Si](C)(C)C)O[Si](C)(C)C)cc1. The van der Waals surface area contributed by atoms with Crippen LogP contribution in [-0.4, -0.2) is 122 Å². The fraction of sp³-hybridized carbons (Fsp3) is 0.455. The van der Waals surface area contributed by atoms with E-state index in [0.717, 1.165) is 10.8 Å². The van der Waals surface area contributed by atoms with Crippen LogP contribution in [0.2, 0.25) is 258 Å². The third-order valence-corrected chi connectivity index (χ3v) is 87.9. The van der Waals surface area contributed by atoms with E-state index >= 15 is 0 Å². The quantitative estimate of drug-likeness (QED) is 0.0439. The predicted molar refractivity (Wildman–Crippen MR) is 538 cm³/mol. The third-order valence-electron chi connectivity index (χ3n) is 18.2. The number of hydrogen-bond acceptors (Lipinski definition) is 4. The van der Waals surface area contributed by atoms with Gasteiger partial charge in [0.1, 0.15) is 0 Å². The highest BCUT2D eigenvalue weighted by Crippen LogP contribution is 2.36. The molecule has 0 saturated carbocycles. The summed E-state index contributed by atoms with van der Waals surface area (Å²) in [5.41, 5.74) is 13.3. The Hall–Kier alpha value is -3.15. The molecule has 0 aliphatic rings. The summed E-state index contributed by atoms with van der Waals surface area (Å²) in [5.74, 6) is 0. The molecule has 0 radical (unpaired) electrons. The fourth-order valence-electron chi connectivity index (χ4n) is 13.7. The summed E-state index contributed by atoms with van der Waals surface area (Å²) < 4.78 is 26.5. The summed E-state index contributed by atoms with van der Waals surface area (Å²) in [5, 5.41) is 8.85. The van der Waals surface area contributed by atoms with E-state index in [1.165, 1.54) is 43.9 Å². The smallest absolute Gasteiger partial charge is 0.452 e. The van der Waals surface area contributed by atoms with Crippen molar-refractivity contribution in [3.05, 3.63) is 218 Å². The Bertz CT molecular complexity index is 3420. The Morgan fingerprint density at radius 1 is 0.234 bits per heavy atom. The maximum atomic E-state index is 6.71. The molecule has 107 heavy (non-hydrogen) atoms. The van der Waals surface area contributed by atoms with Crippen LogP contribution in [0.25, 0.3) is 36.5 Å². The molecule has 0 aliphatic carbocycles. The van der Waals surface area contributed by atoms with Gasteiger partial charge in [-0.05, 0) is 130 Å². The van der Waals surface area contributed by atoms with Crippen molar-refractivity contribution in [2.75, 3.05) is 0 Å². The summed E-state index contributed by atoms with van der Waals surface area (Å²) in [6.45, 7) is 109. The molecular weight excluding hydrogens is 1540 g/mol. The Morgan fingerprint density at radius 3 is 0.664 bits per heavy atom. The molecule has 0 N–H and O–H groups in total. The zero-order chi connectivity index (χ0) is 83.3. The average molecular weight is 1700 g/mol. The molecule has 4 nitrogen and oxygen atoms in total. The molecule has 0 saturated heterocycles. The van der Waals surface area contributed by atoms with Crippen molar-refractivity contribution in [1.82, 2.24) is 0 Å². The lowest BCUT2D eigenvalue weighted by Crippen LogP contribution is -2.67. The average Bonchev–Trinajstić information content (AvgIpc) is 0.797. The van der Waals surface area contributed by atoms with Crippen molar-refractivity contribution in [1.29, 1.82) is 0 Å². The van der Waals surface area contributed by atoms with Gasteiger partial charge < -0.3 is 16.5 Å². The molecule has 0 spiro atoms. The molecule has 0 atom stereocenters. The predicted octanol–water partition coefficient (Wildman–Crippen LogP) is 25.9. The van der Waals surface area contributed by atoms with Gasteiger partial charge in [0.2, 0.25) is 8.32 Å². The first-order valence-corrected chi connectivity index (χ1v) is 89.2. The van der Waals surface area contributed by atoms with Crippen molar-refractivity contribution in [3.8, 4) is 0 Å². The van der Waals surface area contributed by atoms with E-state index in [2.05, 4.69) is 421 Å². The van der Waals surface area contributed by atoms with Gasteiger partial charge in [-0.2, -0.15) is 0 Å². The Morgan fingerprint density at radius 2 is 0.449 bits per heavy atom. The van der Waals surface area contributed by atoms with E-state index in [4.69, 9.17) is 16.5 Å². The molecule has 0 heterocycles. The van der Waals surface area contributed by atoms with Crippen LogP contribution < -0.4 is 31.1 Å². The highest BCUT2D eigenvalue weighted by atomic mass is 29.3. The van der Waals surface area contributed by atoms with Crippen LogP contribution in [0.4, 0.5) is 0 Å². The van der Waals surface area contributed by atoms with E-state index < -0.39 is 122 Å². The molecule has 594 valence electrons. The third kappa shape index (κ3) is 39.9. The van der Waals surface area contributed by atoms with E-state index in [1.54, 1.807) is 32.6 Å². The second-order valence-electron chi connectivity index (χ2n) is 42.1. The zero-order valence-corrected chi connectivity index (χ0v) is 90.5. The second kappa shape index (κ2) is 41.2. The van der Waals surface area contributed by atoms with Crippen molar-refractivity contribution in [2.24, 2.45) is 0 Å². The van der Waals surface area contributed by atoms with Crippen LogP contribution in [0.5, 0.6) is 0 Å². The normalized spacial score (nSPS) is 13.0. The monoisotopic (exact) mass is 1700 g/mol. The van der Waals surface area contributed by atoms with Crippen LogP contribution in [0, 0.1) is 0 Å². The Kier molecular flexibility index (Phi) is 39.3. The van der Waals surface area contributed by atoms with Gasteiger partial charge in [-0.15, -0.1) is 0 Å². The second-order valence-corrected chi connectivity index (χ2v) is 123. The van der Waals surface area contributed by atoms with Crippen LogP contribution in [0.1, 0.15) is 33.4 Å². The van der Waals surface area contributed by atoms with Gasteiger partial charge in [-0.25, -0.2) is 0 Å². The topological polar surface area (TPSA) is 36.9 Å². The summed E-state index contributed by atoms with van der Waals surface area (Å²) >= 11 is 0. The van der Waals surface area contributed by atoms with Gasteiger partial charge in [0.05, 0.1) is 31.8 Å². The van der Waals surface area contributed by atoms with Crippen molar-refractivity contribution in [2.45, 2.75) is 258 Å². The van der Waals surface area contributed by atoms with Crippen molar-refractivity contribution in [3.63, 3.8) is 0 Å². The molecule has 6 rings (SSSR count). The summed E-state index contributed by atoms with van der Waals surface area (Å²) in [7, 11) is -22.1. The van der Waals surface area contributed by atoms with Crippen LogP contribution in [-0.2, 0) is 16.5 Å². The van der Waals surface area contributed by atoms with E-state index in [0.29, 0.717) is 0 Å². The van der Waals surface area contributed by atoms with E-state index in [9.17, 15) is 0 Å². The fourth-order valence-corrected chi connectivity index (χ4v) is 85.8. The molecule has 0 amide bonds. The van der Waals surface area contributed by atoms with Gasteiger partial charge in [-0.3, -0.25) is 0 Å². The molecule has 0 aromatic heterocycles. The minimum Gasteiger partial charge on any atom is -0.452 e. The van der Waals surface area contributed by atoms with E-state index in [1.807, 2.05) is 36.5 Å². The van der Waals surface area contributed by atoms with Crippen LogP contribution >= 0.6 is 0 Å². The molecule has 0 fully saturated rings. The lowest BCUT2D eigenvalue weighted by atomic mass is 10.2. The highest BCUT2D eigenvalue weighted by Gasteiger charge is 2.52. The van der Waals surface area contributed by atoms with Crippen molar-refractivity contribution >= 4 is 190 Å². The van der Waals surface area contributed by atoms with Gasteiger partial charge in [0.25, 0.3) is 0 Å². The summed E-state index contributed by atoms with van der Waals surface area (Å²) in [6.07, 6.45) is 11.4. The standard InChI is InChI=1S/C20H40Si4.C17H34O3Si4.C14H24Si2.C13H22OSi2.C13H22Si2.C11H16Si/c1-11-19-12-14-20(15-13-19)24(16-21(2,3)4,17-22(5,6)7)18-23(8,9)10;1-11-16-12-14-17(15-13-16)24(18-21(2,3)4,19-22(5,6)7)20-23(8,9)10;1-7-13-8-10-14(11-9-13)16(5,6)12-15(2,3)4;1-7-12-8-10-13(11-9-12)16(5,6)14-15(2,3)4;1-7-12-8-10-13(11-9-12)15(5,6)14(2,3)4;1-5-10-6-8-11(9-7-10)12(2,3)4/h11-15H,1,16-18H2,2-10H3;11-15H,1H2,2-10H3;7-11H,1,12H2,2-6H3;7-11H,1H2,2-6H3;7-11H,1H2,2-6H3;5-9H,1H2,2-4H3. The zero-order valence-electron chi connectivity index (χ0n) is 75.5. The minimum absolute atomic E-state index is 0.956. The molecule has 0 unspecified atom stereocenters. The van der Waals surface area contributed by atoms with Gasteiger partial charge in [0, 0.05) is 45.1 Å². The van der Waals surface area contributed by atoms with Gasteiger partial charge >= 0.3 is 8.80 Å². The first-order chi connectivity index (χ1) is 48.1. The van der Waals surface area contributed by atoms with Crippen LogP contribution in [0.3, 0.4) is 0 Å².